The van der Waals surface area contributed by atoms with Gasteiger partial charge in [0, 0.05) is 24.7 Å². The van der Waals surface area contributed by atoms with Crippen molar-refractivity contribution in [2.45, 2.75) is 57.5 Å². The number of likely N-dealkylation sites (tertiary alicyclic amines) is 1. The second-order valence-corrected chi connectivity index (χ2v) is 6.85. The molecule has 0 radical (unpaired) electrons. The first-order valence-corrected chi connectivity index (χ1v) is 9.09. The van der Waals surface area contributed by atoms with E-state index in [9.17, 15) is 9.59 Å². The number of nitrogens with one attached hydrogen (secondary N) is 2. The molecule has 0 spiro atoms. The number of nitrogens with zero attached hydrogens (tertiary/aromatic N) is 1. The fourth-order valence-electron chi connectivity index (χ4n) is 3.78. The summed E-state index contributed by atoms with van der Waals surface area (Å²) < 4.78 is 0. The molecule has 2 atom stereocenters. The van der Waals surface area contributed by atoms with E-state index in [4.69, 9.17) is 0 Å². The van der Waals surface area contributed by atoms with Crippen molar-refractivity contribution in [2.75, 3.05) is 18.4 Å². The lowest BCUT2D eigenvalue weighted by Crippen LogP contribution is -2.53. The van der Waals surface area contributed by atoms with Gasteiger partial charge in [-0.05, 0) is 50.3 Å². The van der Waals surface area contributed by atoms with Gasteiger partial charge in [0.05, 0.1) is 6.04 Å². The van der Waals surface area contributed by atoms with E-state index in [2.05, 4.69) is 21.6 Å². The number of para-hydroxylation sites is 1. The fraction of sp³-hybridized carbons (Fsp3) is 0.579. The van der Waals surface area contributed by atoms with E-state index in [-0.39, 0.29) is 23.9 Å². The molecule has 2 aliphatic heterocycles. The van der Waals surface area contributed by atoms with Crippen LogP contribution in [0.4, 0.5) is 5.69 Å². The van der Waals surface area contributed by atoms with Crippen molar-refractivity contribution in [3.8, 4) is 0 Å². The van der Waals surface area contributed by atoms with Crippen LogP contribution in [0.15, 0.2) is 24.3 Å². The number of fused-ring (bicyclic) bond motifs is 1. The summed E-state index contributed by atoms with van der Waals surface area (Å²) in [7, 11) is 0. The van der Waals surface area contributed by atoms with E-state index < -0.39 is 0 Å². The van der Waals surface area contributed by atoms with Gasteiger partial charge in [0.1, 0.15) is 0 Å². The number of anilines is 1. The molecule has 3 rings (SSSR count). The average Bonchev–Trinajstić information content (AvgIpc) is 2.73. The van der Waals surface area contributed by atoms with E-state index in [1.807, 2.05) is 25.1 Å². The minimum absolute atomic E-state index is 0.0838. The van der Waals surface area contributed by atoms with E-state index >= 15 is 0 Å². The Morgan fingerprint density at radius 1 is 1.33 bits per heavy atom. The number of rotatable bonds is 4. The molecule has 1 aromatic rings. The number of carbonyl (C=O) groups excluding carboxylic acids is 2. The summed E-state index contributed by atoms with van der Waals surface area (Å²) in [5, 5.41) is 6.20. The molecule has 24 heavy (non-hydrogen) atoms. The van der Waals surface area contributed by atoms with Gasteiger partial charge in [-0.3, -0.25) is 14.5 Å². The summed E-state index contributed by atoms with van der Waals surface area (Å²) in [6.07, 6.45) is 5.21. The highest BCUT2D eigenvalue weighted by Crippen LogP contribution is 2.25. The first kappa shape index (κ1) is 17.0. The molecule has 1 aromatic carbocycles. The van der Waals surface area contributed by atoms with Gasteiger partial charge in [0.15, 0.2) is 0 Å². The zero-order valence-electron chi connectivity index (χ0n) is 14.4. The monoisotopic (exact) mass is 329 g/mol. The number of carbonyl (C=O) groups is 2. The zero-order chi connectivity index (χ0) is 16.9. The van der Waals surface area contributed by atoms with Crippen molar-refractivity contribution in [2.24, 2.45) is 0 Å². The quantitative estimate of drug-likeness (QED) is 0.891. The van der Waals surface area contributed by atoms with Crippen LogP contribution >= 0.6 is 0 Å². The lowest BCUT2D eigenvalue weighted by atomic mass is 10.00. The Kier molecular flexibility index (Phi) is 5.51. The molecule has 5 nitrogen and oxygen atoms in total. The van der Waals surface area contributed by atoms with Crippen LogP contribution in [0.25, 0.3) is 0 Å². The molecular weight excluding hydrogens is 302 g/mol. The standard InChI is InChI=1S/C19H27N3O2/c1-2-6-18(23)20-15-8-5-12-22(13-15)17-11-10-14-7-3-4-9-16(14)21-19(17)24/h3-4,7,9,15,17H,2,5-6,8,10-13H2,1H3,(H,20,23)(H,21,24)/t15-,17+/m0/s1. The average molecular weight is 329 g/mol. The number of hydrogen-bond acceptors (Lipinski definition) is 3. The number of benzene rings is 1. The maximum Gasteiger partial charge on any atom is 0.241 e. The third-order valence-electron chi connectivity index (χ3n) is 5.00. The summed E-state index contributed by atoms with van der Waals surface area (Å²) in [4.78, 5) is 26.8. The molecule has 5 heteroatoms. The van der Waals surface area contributed by atoms with Crippen LogP contribution in [-0.4, -0.2) is 41.9 Å². The van der Waals surface area contributed by atoms with Gasteiger partial charge in [-0.2, -0.15) is 0 Å². The largest absolute Gasteiger partial charge is 0.352 e. The third kappa shape index (κ3) is 3.96. The summed E-state index contributed by atoms with van der Waals surface area (Å²) in [5.41, 5.74) is 2.15. The van der Waals surface area contributed by atoms with E-state index in [1.165, 1.54) is 5.56 Å². The number of amides is 2. The fourth-order valence-corrected chi connectivity index (χ4v) is 3.78. The SMILES string of the molecule is CCCC(=O)N[C@H]1CCCN([C@@H]2CCc3ccccc3NC2=O)C1. The summed E-state index contributed by atoms with van der Waals surface area (Å²) in [5.74, 6) is 0.211. The molecule has 1 saturated heterocycles. The number of piperidine rings is 1. The van der Waals surface area contributed by atoms with Crippen molar-refractivity contribution >= 4 is 17.5 Å². The lowest BCUT2D eigenvalue weighted by Gasteiger charge is -2.37. The zero-order valence-corrected chi connectivity index (χ0v) is 14.4. The maximum atomic E-state index is 12.7. The van der Waals surface area contributed by atoms with Crippen LogP contribution in [0, 0.1) is 0 Å². The highest BCUT2D eigenvalue weighted by atomic mass is 16.2. The molecule has 2 N–H and O–H groups in total. The Bertz CT molecular complexity index is 602. The molecule has 0 bridgehead atoms. The van der Waals surface area contributed by atoms with Crippen molar-refractivity contribution in [1.29, 1.82) is 0 Å². The van der Waals surface area contributed by atoms with Gasteiger partial charge in [0.2, 0.25) is 11.8 Å². The lowest BCUT2D eigenvalue weighted by molar-refractivity contribution is -0.123. The molecule has 0 aliphatic carbocycles. The predicted molar refractivity (Wildman–Crippen MR) is 94.8 cm³/mol. The molecule has 0 aromatic heterocycles. The smallest absolute Gasteiger partial charge is 0.241 e. The van der Waals surface area contributed by atoms with Crippen LogP contribution < -0.4 is 10.6 Å². The van der Waals surface area contributed by atoms with Crippen molar-refractivity contribution in [3.63, 3.8) is 0 Å². The van der Waals surface area contributed by atoms with Crippen LogP contribution in [0.1, 0.15) is 44.6 Å². The van der Waals surface area contributed by atoms with Gasteiger partial charge in [-0.15, -0.1) is 0 Å². The maximum absolute atomic E-state index is 12.7. The highest BCUT2D eigenvalue weighted by molar-refractivity contribution is 5.96. The van der Waals surface area contributed by atoms with Gasteiger partial charge in [0.25, 0.3) is 0 Å². The molecular formula is C19H27N3O2. The van der Waals surface area contributed by atoms with E-state index in [1.54, 1.807) is 0 Å². The summed E-state index contributed by atoms with van der Waals surface area (Å²) >= 11 is 0. The Labute approximate surface area is 143 Å². The topological polar surface area (TPSA) is 61.4 Å². The van der Waals surface area contributed by atoms with Gasteiger partial charge >= 0.3 is 0 Å². The molecule has 1 fully saturated rings. The van der Waals surface area contributed by atoms with Crippen LogP contribution in [0.2, 0.25) is 0 Å². The Morgan fingerprint density at radius 2 is 2.17 bits per heavy atom. The number of hydrogen-bond donors (Lipinski definition) is 2. The number of aryl methyl sites for hydroxylation is 1. The van der Waals surface area contributed by atoms with Gasteiger partial charge in [-0.25, -0.2) is 0 Å². The molecule has 2 amide bonds. The summed E-state index contributed by atoms with van der Waals surface area (Å²) in [6, 6.07) is 8.09. The minimum atomic E-state index is -0.108. The normalized spacial score (nSPS) is 24.6. The van der Waals surface area contributed by atoms with Gasteiger partial charge in [-0.1, -0.05) is 25.1 Å². The van der Waals surface area contributed by atoms with E-state index in [0.29, 0.717) is 6.42 Å². The summed E-state index contributed by atoms with van der Waals surface area (Å²) in [6.45, 7) is 3.71. The molecule has 2 heterocycles. The first-order chi connectivity index (χ1) is 11.7. The Balaban J connectivity index is 1.63. The predicted octanol–water partition coefficient (Wildman–Crippen LogP) is 2.32. The van der Waals surface area contributed by atoms with Crippen molar-refractivity contribution in [3.05, 3.63) is 29.8 Å². The Morgan fingerprint density at radius 3 is 3.00 bits per heavy atom. The van der Waals surface area contributed by atoms with Crippen molar-refractivity contribution in [1.82, 2.24) is 10.2 Å². The first-order valence-electron chi connectivity index (χ1n) is 9.09. The molecule has 0 saturated carbocycles. The Hall–Kier alpha value is -1.88. The molecule has 130 valence electrons. The third-order valence-corrected chi connectivity index (χ3v) is 5.00. The minimum Gasteiger partial charge on any atom is -0.352 e. The second-order valence-electron chi connectivity index (χ2n) is 6.85. The molecule has 2 aliphatic rings. The van der Waals surface area contributed by atoms with Crippen LogP contribution in [0.3, 0.4) is 0 Å². The highest BCUT2D eigenvalue weighted by Gasteiger charge is 2.32. The second kappa shape index (κ2) is 7.79. The molecule has 0 unspecified atom stereocenters. The van der Waals surface area contributed by atoms with Crippen LogP contribution in [-0.2, 0) is 16.0 Å². The van der Waals surface area contributed by atoms with Crippen molar-refractivity contribution < 1.29 is 9.59 Å². The van der Waals surface area contributed by atoms with Crippen LogP contribution in [0.5, 0.6) is 0 Å². The van der Waals surface area contributed by atoms with E-state index in [0.717, 1.165) is 50.9 Å². The van der Waals surface area contributed by atoms with Gasteiger partial charge < -0.3 is 10.6 Å².